The lowest BCUT2D eigenvalue weighted by Gasteiger charge is -2.38. The summed E-state index contributed by atoms with van der Waals surface area (Å²) in [5.41, 5.74) is 8.07. The van der Waals surface area contributed by atoms with E-state index in [4.69, 9.17) is 17.3 Å². The number of anilines is 1. The van der Waals surface area contributed by atoms with Crippen LogP contribution in [0.3, 0.4) is 0 Å². The van der Waals surface area contributed by atoms with Crippen molar-refractivity contribution in [3.05, 3.63) is 28.8 Å². The minimum Gasteiger partial charge on any atom is -0.369 e. The molecule has 0 radical (unpaired) electrons. The summed E-state index contributed by atoms with van der Waals surface area (Å²) in [4.78, 5) is 4.84. The molecule has 1 heterocycles. The molecule has 1 unspecified atom stereocenters. The first-order valence-electron chi connectivity index (χ1n) is 6.57. The number of rotatable bonds is 3. The van der Waals surface area contributed by atoms with Crippen molar-refractivity contribution in [1.82, 2.24) is 4.90 Å². The molecule has 0 aromatic heterocycles. The summed E-state index contributed by atoms with van der Waals surface area (Å²) >= 11 is 6.18. The molecule has 1 aromatic rings. The number of piperazine rings is 1. The molecule has 0 amide bonds. The lowest BCUT2D eigenvalue weighted by Crippen LogP contribution is -2.51. The number of hydrogen-bond acceptors (Lipinski definition) is 3. The standard InChI is InChI=1S/C14H22ClN3/c1-11-3-4-13(9-14(11)15)18-7-5-17(6-8-18)12(2)10-16/h3-4,9,12H,5-8,10,16H2,1-2H3. The van der Waals surface area contributed by atoms with Crippen LogP contribution in [0.2, 0.25) is 5.02 Å². The average molecular weight is 268 g/mol. The largest absolute Gasteiger partial charge is 0.369 e. The van der Waals surface area contributed by atoms with Gasteiger partial charge in [-0.25, -0.2) is 0 Å². The van der Waals surface area contributed by atoms with Gasteiger partial charge >= 0.3 is 0 Å². The molecule has 2 rings (SSSR count). The Bertz CT molecular complexity index is 400. The van der Waals surface area contributed by atoms with Gasteiger partial charge < -0.3 is 10.6 Å². The molecule has 0 aliphatic carbocycles. The predicted molar refractivity (Wildman–Crippen MR) is 78.5 cm³/mol. The van der Waals surface area contributed by atoms with Gasteiger partial charge in [-0.1, -0.05) is 17.7 Å². The SMILES string of the molecule is Cc1ccc(N2CCN(C(C)CN)CC2)cc1Cl. The average Bonchev–Trinajstić information content (AvgIpc) is 2.41. The molecule has 2 N–H and O–H groups in total. The minimum absolute atomic E-state index is 0.480. The van der Waals surface area contributed by atoms with Gasteiger partial charge in [0, 0.05) is 49.5 Å². The van der Waals surface area contributed by atoms with E-state index < -0.39 is 0 Å². The molecule has 4 heteroatoms. The first kappa shape index (κ1) is 13.7. The van der Waals surface area contributed by atoms with Crippen LogP contribution in [0.25, 0.3) is 0 Å². The van der Waals surface area contributed by atoms with Crippen LogP contribution in [0.4, 0.5) is 5.69 Å². The summed E-state index contributed by atoms with van der Waals surface area (Å²) in [5.74, 6) is 0. The van der Waals surface area contributed by atoms with E-state index in [2.05, 4.69) is 34.9 Å². The van der Waals surface area contributed by atoms with Crippen LogP contribution in [0.5, 0.6) is 0 Å². The third kappa shape index (κ3) is 2.97. The van der Waals surface area contributed by atoms with Gasteiger partial charge in [0.05, 0.1) is 0 Å². The summed E-state index contributed by atoms with van der Waals surface area (Å²) < 4.78 is 0. The number of nitrogens with two attached hydrogens (primary N) is 1. The number of halogens is 1. The van der Waals surface area contributed by atoms with E-state index in [9.17, 15) is 0 Å². The van der Waals surface area contributed by atoms with Crippen LogP contribution < -0.4 is 10.6 Å². The summed E-state index contributed by atoms with van der Waals surface area (Å²) in [7, 11) is 0. The highest BCUT2D eigenvalue weighted by molar-refractivity contribution is 6.31. The molecule has 100 valence electrons. The van der Waals surface area contributed by atoms with Gasteiger partial charge in [-0.15, -0.1) is 0 Å². The van der Waals surface area contributed by atoms with E-state index in [1.54, 1.807) is 0 Å². The molecular weight excluding hydrogens is 246 g/mol. The van der Waals surface area contributed by atoms with Crippen LogP contribution in [0.15, 0.2) is 18.2 Å². The first-order chi connectivity index (χ1) is 8.61. The van der Waals surface area contributed by atoms with Crippen molar-refractivity contribution in [3.63, 3.8) is 0 Å². The molecule has 0 saturated carbocycles. The molecule has 1 aliphatic heterocycles. The molecular formula is C14H22ClN3. The molecule has 3 nitrogen and oxygen atoms in total. The Morgan fingerprint density at radius 3 is 2.50 bits per heavy atom. The summed E-state index contributed by atoms with van der Waals surface area (Å²) in [6.07, 6.45) is 0. The topological polar surface area (TPSA) is 32.5 Å². The first-order valence-corrected chi connectivity index (χ1v) is 6.95. The Labute approximate surface area is 115 Å². The van der Waals surface area contributed by atoms with Crippen molar-refractivity contribution >= 4 is 17.3 Å². The van der Waals surface area contributed by atoms with E-state index in [-0.39, 0.29) is 0 Å². The van der Waals surface area contributed by atoms with Gasteiger partial charge in [0.15, 0.2) is 0 Å². The highest BCUT2D eigenvalue weighted by atomic mass is 35.5. The van der Waals surface area contributed by atoms with Crippen molar-refractivity contribution < 1.29 is 0 Å². The van der Waals surface area contributed by atoms with Crippen LogP contribution in [-0.2, 0) is 0 Å². The van der Waals surface area contributed by atoms with E-state index in [1.807, 2.05) is 6.92 Å². The number of aryl methyl sites for hydroxylation is 1. The van der Waals surface area contributed by atoms with E-state index in [0.29, 0.717) is 6.04 Å². The van der Waals surface area contributed by atoms with Gasteiger partial charge in [-0.2, -0.15) is 0 Å². The van der Waals surface area contributed by atoms with Crippen LogP contribution in [-0.4, -0.2) is 43.7 Å². The summed E-state index contributed by atoms with van der Waals surface area (Å²) in [6.45, 7) is 9.20. The zero-order chi connectivity index (χ0) is 13.1. The molecule has 1 saturated heterocycles. The van der Waals surface area contributed by atoms with Gasteiger partial charge in [0.2, 0.25) is 0 Å². The van der Waals surface area contributed by atoms with E-state index in [0.717, 1.165) is 43.3 Å². The van der Waals surface area contributed by atoms with Gasteiger partial charge in [0.25, 0.3) is 0 Å². The van der Waals surface area contributed by atoms with Crippen LogP contribution in [0, 0.1) is 6.92 Å². The van der Waals surface area contributed by atoms with Gasteiger partial charge in [-0.3, -0.25) is 4.90 Å². The van der Waals surface area contributed by atoms with E-state index in [1.165, 1.54) is 5.69 Å². The fourth-order valence-corrected chi connectivity index (χ4v) is 2.52. The third-order valence-electron chi connectivity index (χ3n) is 3.80. The number of benzene rings is 1. The molecule has 1 atom stereocenters. The molecule has 1 fully saturated rings. The zero-order valence-electron chi connectivity index (χ0n) is 11.2. The monoisotopic (exact) mass is 267 g/mol. The molecule has 1 aliphatic rings. The summed E-state index contributed by atoms with van der Waals surface area (Å²) in [6, 6.07) is 6.79. The minimum atomic E-state index is 0.480. The normalized spacial score (nSPS) is 19.0. The number of nitrogens with zero attached hydrogens (tertiary/aromatic N) is 2. The molecule has 0 spiro atoms. The van der Waals surface area contributed by atoms with Crippen molar-refractivity contribution in [1.29, 1.82) is 0 Å². The molecule has 0 bridgehead atoms. The van der Waals surface area contributed by atoms with Crippen LogP contribution >= 0.6 is 11.6 Å². The Kier molecular flexibility index (Phi) is 4.49. The Morgan fingerprint density at radius 2 is 1.94 bits per heavy atom. The quantitative estimate of drug-likeness (QED) is 0.911. The smallest absolute Gasteiger partial charge is 0.0455 e. The maximum atomic E-state index is 6.18. The highest BCUT2D eigenvalue weighted by Gasteiger charge is 2.20. The maximum Gasteiger partial charge on any atom is 0.0455 e. The Hall–Kier alpha value is -0.770. The Morgan fingerprint density at radius 1 is 1.28 bits per heavy atom. The highest BCUT2D eigenvalue weighted by Crippen LogP contribution is 2.24. The number of hydrogen-bond donors (Lipinski definition) is 1. The fourth-order valence-electron chi connectivity index (χ4n) is 2.35. The fraction of sp³-hybridized carbons (Fsp3) is 0.571. The van der Waals surface area contributed by atoms with Crippen molar-refractivity contribution in [2.75, 3.05) is 37.6 Å². The van der Waals surface area contributed by atoms with Crippen molar-refractivity contribution in [3.8, 4) is 0 Å². The lowest BCUT2D eigenvalue weighted by molar-refractivity contribution is 0.201. The van der Waals surface area contributed by atoms with Crippen molar-refractivity contribution in [2.45, 2.75) is 19.9 Å². The maximum absolute atomic E-state index is 6.18. The second kappa shape index (κ2) is 5.91. The lowest BCUT2D eigenvalue weighted by atomic mass is 10.1. The predicted octanol–water partition coefficient (Wildman–Crippen LogP) is 2.12. The second-order valence-electron chi connectivity index (χ2n) is 5.04. The van der Waals surface area contributed by atoms with Gasteiger partial charge in [0.1, 0.15) is 0 Å². The van der Waals surface area contributed by atoms with Gasteiger partial charge in [-0.05, 0) is 31.5 Å². The van der Waals surface area contributed by atoms with Crippen molar-refractivity contribution in [2.24, 2.45) is 5.73 Å². The van der Waals surface area contributed by atoms with Crippen LogP contribution in [0.1, 0.15) is 12.5 Å². The Balaban J connectivity index is 1.99. The summed E-state index contributed by atoms with van der Waals surface area (Å²) in [5, 5.41) is 0.852. The molecule has 18 heavy (non-hydrogen) atoms. The van der Waals surface area contributed by atoms with E-state index >= 15 is 0 Å². The third-order valence-corrected chi connectivity index (χ3v) is 4.21. The second-order valence-corrected chi connectivity index (χ2v) is 5.45. The molecule has 1 aromatic carbocycles. The zero-order valence-corrected chi connectivity index (χ0v) is 12.0.